The molecule has 1 heterocycles. The van der Waals surface area contributed by atoms with Crippen LogP contribution >= 0.6 is 0 Å². The molecule has 3 aliphatic rings. The second-order valence-electron chi connectivity index (χ2n) is 7.91. The van der Waals surface area contributed by atoms with Gasteiger partial charge in [-0.2, -0.15) is 0 Å². The third kappa shape index (κ3) is 3.03. The van der Waals surface area contributed by atoms with Gasteiger partial charge in [-0.25, -0.2) is 0 Å². The highest BCUT2D eigenvalue weighted by Crippen LogP contribution is 2.49. The second-order valence-corrected chi connectivity index (χ2v) is 7.91. The number of fused-ring (bicyclic) bond motifs is 2. The molecule has 0 radical (unpaired) electrons. The molecule has 3 heteroatoms. The summed E-state index contributed by atoms with van der Waals surface area (Å²) in [4.78, 5) is 17.5. The fourth-order valence-corrected chi connectivity index (χ4v) is 5.15. The Morgan fingerprint density at radius 2 is 1.96 bits per heavy atom. The van der Waals surface area contributed by atoms with Crippen LogP contribution in [0.25, 0.3) is 0 Å². The third-order valence-corrected chi connectivity index (χ3v) is 6.41. The van der Waals surface area contributed by atoms with Crippen molar-refractivity contribution in [3.05, 3.63) is 35.9 Å². The zero-order valence-corrected chi connectivity index (χ0v) is 14.2. The zero-order valence-electron chi connectivity index (χ0n) is 14.2. The van der Waals surface area contributed by atoms with Gasteiger partial charge < -0.3 is 9.80 Å². The Balaban J connectivity index is 1.47. The number of nitrogens with zero attached hydrogens (tertiary/aromatic N) is 2. The number of likely N-dealkylation sites (N-methyl/N-ethyl adjacent to an activating group) is 1. The Kier molecular flexibility index (Phi) is 4.14. The molecule has 0 N–H and O–H groups in total. The minimum absolute atomic E-state index is 0.223. The van der Waals surface area contributed by atoms with Gasteiger partial charge in [0.15, 0.2) is 0 Å². The first-order valence-electron chi connectivity index (χ1n) is 9.23. The van der Waals surface area contributed by atoms with Crippen LogP contribution in [0.15, 0.2) is 30.3 Å². The number of hydrogen-bond acceptors (Lipinski definition) is 2. The molecule has 2 bridgehead atoms. The maximum absolute atomic E-state index is 13.0. The lowest BCUT2D eigenvalue weighted by Crippen LogP contribution is -2.49. The molecule has 2 saturated carbocycles. The summed E-state index contributed by atoms with van der Waals surface area (Å²) < 4.78 is 0. The van der Waals surface area contributed by atoms with Gasteiger partial charge in [0, 0.05) is 26.1 Å². The third-order valence-electron chi connectivity index (χ3n) is 6.41. The van der Waals surface area contributed by atoms with Gasteiger partial charge in [-0.15, -0.1) is 0 Å². The van der Waals surface area contributed by atoms with Crippen LogP contribution in [0.4, 0.5) is 0 Å². The van der Waals surface area contributed by atoms with E-state index in [0.29, 0.717) is 11.8 Å². The fourth-order valence-electron chi connectivity index (χ4n) is 5.15. The average Bonchev–Trinajstić information content (AvgIpc) is 3.18. The van der Waals surface area contributed by atoms with Crippen molar-refractivity contribution in [1.82, 2.24) is 9.80 Å². The first kappa shape index (κ1) is 15.2. The standard InChI is InChI=1S/C20H28N2O/c1-21-9-10-22(19(14-21)16-5-3-2-4-6-16)20(23)13-18-12-15-7-8-17(18)11-15/h2-6,15,17-19H,7-14H2,1H3/t15-,17-,18+,19+/m0/s1. The van der Waals surface area contributed by atoms with Gasteiger partial charge in [-0.05, 0) is 49.6 Å². The van der Waals surface area contributed by atoms with E-state index < -0.39 is 0 Å². The molecule has 2 aliphatic carbocycles. The van der Waals surface area contributed by atoms with Crippen molar-refractivity contribution < 1.29 is 4.79 Å². The van der Waals surface area contributed by atoms with E-state index in [1.54, 1.807) is 0 Å². The van der Waals surface area contributed by atoms with Gasteiger partial charge in [-0.1, -0.05) is 36.8 Å². The van der Waals surface area contributed by atoms with Crippen molar-refractivity contribution in [3.8, 4) is 0 Å². The van der Waals surface area contributed by atoms with Crippen LogP contribution in [-0.4, -0.2) is 42.4 Å². The van der Waals surface area contributed by atoms with Crippen molar-refractivity contribution in [2.45, 2.75) is 38.1 Å². The Morgan fingerprint density at radius 3 is 2.65 bits per heavy atom. The number of benzene rings is 1. The van der Waals surface area contributed by atoms with E-state index in [-0.39, 0.29) is 6.04 Å². The van der Waals surface area contributed by atoms with Crippen LogP contribution in [0.5, 0.6) is 0 Å². The molecule has 4 rings (SSSR count). The van der Waals surface area contributed by atoms with Crippen molar-refractivity contribution in [1.29, 1.82) is 0 Å². The van der Waals surface area contributed by atoms with Crippen LogP contribution in [0.3, 0.4) is 0 Å². The quantitative estimate of drug-likeness (QED) is 0.855. The number of carbonyl (C=O) groups is 1. The number of amides is 1. The smallest absolute Gasteiger partial charge is 0.223 e. The molecule has 4 atom stereocenters. The summed E-state index contributed by atoms with van der Waals surface area (Å²) in [5, 5.41) is 0. The lowest BCUT2D eigenvalue weighted by Gasteiger charge is -2.41. The summed E-state index contributed by atoms with van der Waals surface area (Å²) in [5.74, 6) is 2.82. The molecule has 0 spiro atoms. The largest absolute Gasteiger partial charge is 0.333 e. The molecule has 1 saturated heterocycles. The maximum Gasteiger partial charge on any atom is 0.223 e. The number of carbonyl (C=O) groups excluding carboxylic acids is 1. The Labute approximate surface area is 139 Å². The molecule has 0 aromatic heterocycles. The molecule has 1 amide bonds. The molecule has 0 unspecified atom stereocenters. The van der Waals surface area contributed by atoms with Crippen LogP contribution in [0.1, 0.15) is 43.7 Å². The fraction of sp³-hybridized carbons (Fsp3) is 0.650. The van der Waals surface area contributed by atoms with Gasteiger partial charge in [0.25, 0.3) is 0 Å². The van der Waals surface area contributed by atoms with E-state index in [9.17, 15) is 4.79 Å². The summed E-state index contributed by atoms with van der Waals surface area (Å²) >= 11 is 0. The lowest BCUT2D eigenvalue weighted by atomic mass is 9.86. The summed E-state index contributed by atoms with van der Waals surface area (Å²) in [7, 11) is 2.16. The van der Waals surface area contributed by atoms with Crippen molar-refractivity contribution in [2.24, 2.45) is 17.8 Å². The van der Waals surface area contributed by atoms with E-state index >= 15 is 0 Å². The van der Waals surface area contributed by atoms with Gasteiger partial charge in [0.05, 0.1) is 6.04 Å². The van der Waals surface area contributed by atoms with Gasteiger partial charge in [-0.3, -0.25) is 4.79 Å². The number of rotatable bonds is 3. The lowest BCUT2D eigenvalue weighted by molar-refractivity contribution is -0.137. The van der Waals surface area contributed by atoms with E-state index in [4.69, 9.17) is 0 Å². The molecular weight excluding hydrogens is 284 g/mol. The summed E-state index contributed by atoms with van der Waals surface area (Å²) in [6.45, 7) is 2.81. The van der Waals surface area contributed by atoms with E-state index in [0.717, 1.165) is 37.9 Å². The van der Waals surface area contributed by atoms with Crippen molar-refractivity contribution in [3.63, 3.8) is 0 Å². The molecule has 23 heavy (non-hydrogen) atoms. The van der Waals surface area contributed by atoms with E-state index in [1.165, 1.54) is 31.2 Å². The summed E-state index contributed by atoms with van der Waals surface area (Å²) in [6.07, 6.45) is 6.27. The molecular formula is C20H28N2O. The highest BCUT2D eigenvalue weighted by atomic mass is 16.2. The number of hydrogen-bond donors (Lipinski definition) is 0. The first-order valence-corrected chi connectivity index (χ1v) is 9.23. The normalized spacial score (nSPS) is 34.0. The summed E-state index contributed by atoms with van der Waals surface area (Å²) in [6, 6.07) is 10.8. The molecule has 3 nitrogen and oxygen atoms in total. The predicted octanol–water partition coefficient (Wildman–Crippen LogP) is 3.33. The van der Waals surface area contributed by atoms with E-state index in [2.05, 4.69) is 47.2 Å². The maximum atomic E-state index is 13.0. The highest BCUT2D eigenvalue weighted by molar-refractivity contribution is 5.77. The van der Waals surface area contributed by atoms with Crippen LogP contribution < -0.4 is 0 Å². The molecule has 1 aliphatic heterocycles. The molecule has 124 valence electrons. The van der Waals surface area contributed by atoms with E-state index in [1.807, 2.05) is 0 Å². The van der Waals surface area contributed by atoms with Gasteiger partial charge >= 0.3 is 0 Å². The second kappa shape index (κ2) is 6.27. The molecule has 1 aromatic carbocycles. The Morgan fingerprint density at radius 1 is 1.13 bits per heavy atom. The topological polar surface area (TPSA) is 23.6 Å². The van der Waals surface area contributed by atoms with Crippen LogP contribution in [0.2, 0.25) is 0 Å². The highest BCUT2D eigenvalue weighted by Gasteiger charge is 2.41. The SMILES string of the molecule is CN1CCN(C(=O)C[C@H]2C[C@H]3CC[C@H]2C3)[C@@H](c2ccccc2)C1. The molecule has 1 aromatic rings. The minimum atomic E-state index is 0.223. The predicted molar refractivity (Wildman–Crippen MR) is 91.9 cm³/mol. The van der Waals surface area contributed by atoms with Crippen molar-refractivity contribution in [2.75, 3.05) is 26.7 Å². The average molecular weight is 312 g/mol. The van der Waals surface area contributed by atoms with Gasteiger partial charge in [0.2, 0.25) is 5.91 Å². The summed E-state index contributed by atoms with van der Waals surface area (Å²) in [5.41, 5.74) is 1.28. The first-order chi connectivity index (χ1) is 11.2. The zero-order chi connectivity index (χ0) is 15.8. The Bertz CT molecular complexity index is 558. The number of piperazine rings is 1. The van der Waals surface area contributed by atoms with Crippen LogP contribution in [-0.2, 0) is 4.79 Å². The minimum Gasteiger partial charge on any atom is -0.333 e. The molecule has 3 fully saturated rings. The van der Waals surface area contributed by atoms with Crippen LogP contribution in [0, 0.1) is 17.8 Å². The van der Waals surface area contributed by atoms with Crippen molar-refractivity contribution >= 4 is 5.91 Å². The van der Waals surface area contributed by atoms with Gasteiger partial charge in [0.1, 0.15) is 0 Å². The Hall–Kier alpha value is -1.35. The monoisotopic (exact) mass is 312 g/mol.